The third-order valence-electron chi connectivity index (χ3n) is 2.21. The summed E-state index contributed by atoms with van der Waals surface area (Å²) in [4.78, 5) is 11.9. The molecular formula is C11H11ClN4O. The molecule has 0 unspecified atom stereocenters. The second-order valence-corrected chi connectivity index (χ2v) is 4.00. The fraction of sp³-hybridized carbons (Fsp3) is 0.0909. The normalized spacial score (nSPS) is 10.2. The van der Waals surface area contributed by atoms with Crippen molar-refractivity contribution in [3.8, 4) is 0 Å². The minimum absolute atomic E-state index is 0.308. The summed E-state index contributed by atoms with van der Waals surface area (Å²) in [7, 11) is 1.77. The van der Waals surface area contributed by atoms with Gasteiger partial charge < -0.3 is 11.1 Å². The second kappa shape index (κ2) is 4.47. The van der Waals surface area contributed by atoms with E-state index in [4.69, 9.17) is 17.3 Å². The summed E-state index contributed by atoms with van der Waals surface area (Å²) < 4.78 is 1.60. The Labute approximate surface area is 103 Å². The van der Waals surface area contributed by atoms with Crippen LogP contribution in [0.25, 0.3) is 0 Å². The zero-order valence-corrected chi connectivity index (χ0v) is 9.90. The number of amides is 1. The van der Waals surface area contributed by atoms with E-state index in [1.165, 1.54) is 6.07 Å². The second-order valence-electron chi connectivity index (χ2n) is 3.56. The highest BCUT2D eigenvalue weighted by Gasteiger charge is 2.11. The van der Waals surface area contributed by atoms with Gasteiger partial charge in [0.05, 0.1) is 5.56 Å². The SMILES string of the molecule is Cn1ccc(NC(=O)c2ccc(Cl)cc2N)n1. The molecule has 0 aliphatic rings. The Hall–Kier alpha value is -2.01. The van der Waals surface area contributed by atoms with Gasteiger partial charge in [-0.15, -0.1) is 0 Å². The first-order valence-corrected chi connectivity index (χ1v) is 5.30. The molecule has 0 fully saturated rings. The Balaban J connectivity index is 2.20. The van der Waals surface area contributed by atoms with E-state index < -0.39 is 0 Å². The summed E-state index contributed by atoms with van der Waals surface area (Å²) in [6.45, 7) is 0. The average Bonchev–Trinajstić information content (AvgIpc) is 2.63. The summed E-state index contributed by atoms with van der Waals surface area (Å²) in [5, 5.41) is 7.18. The minimum Gasteiger partial charge on any atom is -0.398 e. The number of nitrogen functional groups attached to an aromatic ring is 1. The van der Waals surface area contributed by atoms with E-state index in [9.17, 15) is 4.79 Å². The van der Waals surface area contributed by atoms with Crippen LogP contribution in [0.5, 0.6) is 0 Å². The van der Waals surface area contributed by atoms with E-state index >= 15 is 0 Å². The molecular weight excluding hydrogens is 240 g/mol. The van der Waals surface area contributed by atoms with Gasteiger partial charge in [-0.05, 0) is 18.2 Å². The van der Waals surface area contributed by atoms with Crippen LogP contribution in [-0.2, 0) is 7.05 Å². The maximum atomic E-state index is 11.9. The van der Waals surface area contributed by atoms with Crippen LogP contribution in [0.1, 0.15) is 10.4 Å². The molecule has 88 valence electrons. The predicted molar refractivity (Wildman–Crippen MR) is 67.0 cm³/mol. The van der Waals surface area contributed by atoms with Crippen molar-refractivity contribution >= 4 is 29.0 Å². The van der Waals surface area contributed by atoms with Gasteiger partial charge in [-0.2, -0.15) is 5.10 Å². The van der Waals surface area contributed by atoms with E-state index in [1.807, 2.05) is 0 Å². The third kappa shape index (κ3) is 2.57. The number of rotatable bonds is 2. The summed E-state index contributed by atoms with van der Waals surface area (Å²) in [5.41, 5.74) is 6.42. The number of hydrogen-bond acceptors (Lipinski definition) is 3. The number of benzene rings is 1. The van der Waals surface area contributed by atoms with Crippen LogP contribution < -0.4 is 11.1 Å². The van der Waals surface area contributed by atoms with Crippen molar-refractivity contribution in [1.82, 2.24) is 9.78 Å². The van der Waals surface area contributed by atoms with Crippen LogP contribution >= 0.6 is 11.6 Å². The van der Waals surface area contributed by atoms with Crippen molar-refractivity contribution in [1.29, 1.82) is 0 Å². The van der Waals surface area contributed by atoms with Gasteiger partial charge in [-0.25, -0.2) is 0 Å². The monoisotopic (exact) mass is 250 g/mol. The van der Waals surface area contributed by atoms with Gasteiger partial charge in [-0.1, -0.05) is 11.6 Å². The molecule has 5 nitrogen and oxygen atoms in total. The molecule has 0 radical (unpaired) electrons. The Morgan fingerprint density at radius 3 is 2.82 bits per heavy atom. The first-order chi connectivity index (χ1) is 8.06. The van der Waals surface area contributed by atoms with Gasteiger partial charge in [0.15, 0.2) is 5.82 Å². The Kier molecular flexibility index (Phi) is 3.01. The van der Waals surface area contributed by atoms with Gasteiger partial charge in [0.2, 0.25) is 0 Å². The van der Waals surface area contributed by atoms with E-state index in [0.29, 0.717) is 22.1 Å². The number of anilines is 2. The first-order valence-electron chi connectivity index (χ1n) is 4.92. The molecule has 1 aromatic carbocycles. The van der Waals surface area contributed by atoms with Gasteiger partial charge in [0.25, 0.3) is 5.91 Å². The zero-order valence-electron chi connectivity index (χ0n) is 9.14. The van der Waals surface area contributed by atoms with Crippen molar-refractivity contribution in [2.75, 3.05) is 11.1 Å². The third-order valence-corrected chi connectivity index (χ3v) is 2.45. The highest BCUT2D eigenvalue weighted by molar-refractivity contribution is 6.31. The van der Waals surface area contributed by atoms with Crippen LogP contribution in [0, 0.1) is 0 Å². The fourth-order valence-corrected chi connectivity index (χ4v) is 1.59. The Morgan fingerprint density at radius 2 is 2.24 bits per heavy atom. The molecule has 3 N–H and O–H groups in total. The number of nitrogens with zero attached hydrogens (tertiary/aromatic N) is 2. The highest BCUT2D eigenvalue weighted by Crippen LogP contribution is 2.18. The molecule has 2 rings (SSSR count). The van der Waals surface area contributed by atoms with Crippen LogP contribution in [-0.4, -0.2) is 15.7 Å². The maximum absolute atomic E-state index is 11.9. The highest BCUT2D eigenvalue weighted by atomic mass is 35.5. The summed E-state index contributed by atoms with van der Waals surface area (Å²) in [6.07, 6.45) is 1.74. The lowest BCUT2D eigenvalue weighted by Crippen LogP contribution is -2.14. The molecule has 0 bridgehead atoms. The van der Waals surface area contributed by atoms with Crippen molar-refractivity contribution in [2.24, 2.45) is 7.05 Å². The van der Waals surface area contributed by atoms with Crippen LogP contribution in [0.2, 0.25) is 5.02 Å². The number of aryl methyl sites for hydroxylation is 1. The Bertz CT molecular complexity index is 564. The molecule has 1 heterocycles. The smallest absolute Gasteiger partial charge is 0.258 e. The number of nitrogens with two attached hydrogens (primary N) is 1. The molecule has 0 saturated carbocycles. The van der Waals surface area contributed by atoms with E-state index in [1.54, 1.807) is 36.1 Å². The topological polar surface area (TPSA) is 72.9 Å². The fourth-order valence-electron chi connectivity index (χ4n) is 1.41. The molecule has 2 aromatic rings. The lowest BCUT2D eigenvalue weighted by Gasteiger charge is -2.05. The number of nitrogens with one attached hydrogen (secondary N) is 1. The molecule has 0 aliphatic heterocycles. The largest absolute Gasteiger partial charge is 0.398 e. The van der Waals surface area contributed by atoms with Crippen LogP contribution in [0.4, 0.5) is 11.5 Å². The minimum atomic E-state index is -0.308. The zero-order chi connectivity index (χ0) is 12.4. The molecule has 0 atom stereocenters. The molecule has 17 heavy (non-hydrogen) atoms. The van der Waals surface area contributed by atoms with Gasteiger partial charge >= 0.3 is 0 Å². The quantitative estimate of drug-likeness (QED) is 0.800. The first kappa shape index (κ1) is 11.5. The summed E-state index contributed by atoms with van der Waals surface area (Å²) in [5.74, 6) is 0.171. The van der Waals surface area contributed by atoms with Crippen molar-refractivity contribution in [3.63, 3.8) is 0 Å². The molecule has 0 saturated heterocycles. The molecule has 0 spiro atoms. The molecule has 6 heteroatoms. The maximum Gasteiger partial charge on any atom is 0.258 e. The number of halogens is 1. The molecule has 1 amide bonds. The van der Waals surface area contributed by atoms with E-state index in [2.05, 4.69) is 10.4 Å². The van der Waals surface area contributed by atoms with E-state index in [0.717, 1.165) is 0 Å². The standard InChI is InChI=1S/C11H11ClN4O/c1-16-5-4-10(15-16)14-11(17)8-3-2-7(12)6-9(8)13/h2-6H,13H2,1H3,(H,14,15,17). The van der Waals surface area contributed by atoms with Crippen molar-refractivity contribution < 1.29 is 4.79 Å². The van der Waals surface area contributed by atoms with Gasteiger partial charge in [0.1, 0.15) is 0 Å². The van der Waals surface area contributed by atoms with Crippen LogP contribution in [0.15, 0.2) is 30.5 Å². The van der Waals surface area contributed by atoms with Crippen molar-refractivity contribution in [2.45, 2.75) is 0 Å². The van der Waals surface area contributed by atoms with Gasteiger partial charge in [-0.3, -0.25) is 9.48 Å². The predicted octanol–water partition coefficient (Wildman–Crippen LogP) is 1.91. The summed E-state index contributed by atoms with van der Waals surface area (Å²) in [6, 6.07) is 6.43. The average molecular weight is 251 g/mol. The summed E-state index contributed by atoms with van der Waals surface area (Å²) >= 11 is 5.76. The number of carbonyl (C=O) groups excluding carboxylic acids is 1. The Morgan fingerprint density at radius 1 is 1.47 bits per heavy atom. The number of hydrogen-bond donors (Lipinski definition) is 2. The lowest BCUT2D eigenvalue weighted by molar-refractivity contribution is 0.102. The molecule has 1 aromatic heterocycles. The lowest BCUT2D eigenvalue weighted by atomic mass is 10.1. The van der Waals surface area contributed by atoms with Crippen molar-refractivity contribution in [3.05, 3.63) is 41.0 Å². The number of aromatic nitrogens is 2. The van der Waals surface area contributed by atoms with E-state index in [-0.39, 0.29) is 5.91 Å². The molecule has 0 aliphatic carbocycles. The number of carbonyl (C=O) groups is 1. The van der Waals surface area contributed by atoms with Crippen LogP contribution in [0.3, 0.4) is 0 Å². The van der Waals surface area contributed by atoms with Gasteiger partial charge in [0, 0.05) is 30.0 Å².